The number of hydrogen-bond acceptors (Lipinski definition) is 6. The second kappa shape index (κ2) is 14.7. The molecule has 0 aliphatic heterocycles. The molecule has 6 nitrogen and oxygen atoms in total. The van der Waals surface area contributed by atoms with Gasteiger partial charge in [0.05, 0.1) is 14.2 Å². The Balaban J connectivity index is 2.02. The number of carbonyl (C=O) groups excluding carboxylic acids is 1. The van der Waals surface area contributed by atoms with Crippen LogP contribution in [0.1, 0.15) is 44.7 Å². The van der Waals surface area contributed by atoms with Gasteiger partial charge in [0.25, 0.3) is 0 Å². The van der Waals surface area contributed by atoms with Gasteiger partial charge in [-0.1, -0.05) is 36.4 Å². The minimum Gasteiger partial charge on any atom is -0.496 e. The van der Waals surface area contributed by atoms with Gasteiger partial charge in [-0.05, 0) is 74.4 Å². The van der Waals surface area contributed by atoms with Gasteiger partial charge in [-0.25, -0.2) is 4.79 Å². The third-order valence-corrected chi connectivity index (χ3v) is 8.57. The minimum absolute atomic E-state index is 0.369. The second-order valence-electron chi connectivity index (χ2n) is 7.69. The molecule has 7 heteroatoms. The summed E-state index contributed by atoms with van der Waals surface area (Å²) >= 11 is 0. The highest BCUT2D eigenvalue weighted by Gasteiger charge is 2.39. The first kappa shape index (κ1) is 27.8. The topological polar surface area (TPSA) is 63.2 Å². The summed E-state index contributed by atoms with van der Waals surface area (Å²) in [4.78, 5) is 11.3. The Morgan fingerprint density at radius 1 is 0.853 bits per heavy atom. The van der Waals surface area contributed by atoms with Crippen molar-refractivity contribution in [2.75, 3.05) is 34.0 Å². The Labute approximate surface area is 205 Å². The molecule has 0 spiro atoms. The van der Waals surface area contributed by atoms with Crippen molar-refractivity contribution in [1.29, 1.82) is 0 Å². The highest BCUT2D eigenvalue weighted by molar-refractivity contribution is 6.60. The number of rotatable bonds is 15. The number of methoxy groups -OCH3 is 2. The number of unbranched alkanes of at least 4 members (excludes halogenated alkanes) is 1. The standard InChI is InChI=1S/C27H38O6Si/c1-6-31-34(32-7-2,33-8-3)20-10-9-11-24-17-18-25(21-26(24)29-4)23-15-12-22(13-16-23)14-19-27(28)30-5/h12-19,21H,6-11,20H2,1-5H3/b19-14+. The first-order valence-electron chi connectivity index (χ1n) is 12.0. The van der Waals surface area contributed by atoms with Crippen LogP contribution in [0.2, 0.25) is 6.04 Å². The Hall–Kier alpha value is -2.45. The van der Waals surface area contributed by atoms with Gasteiger partial charge in [-0.3, -0.25) is 0 Å². The zero-order chi connectivity index (χ0) is 24.8. The molecule has 0 fully saturated rings. The van der Waals surface area contributed by atoms with Crippen LogP contribution in [0.3, 0.4) is 0 Å². The fourth-order valence-electron chi connectivity index (χ4n) is 3.81. The van der Waals surface area contributed by atoms with E-state index in [-0.39, 0.29) is 5.97 Å². The minimum atomic E-state index is -2.59. The van der Waals surface area contributed by atoms with Gasteiger partial charge in [0.15, 0.2) is 0 Å². The summed E-state index contributed by atoms with van der Waals surface area (Å²) in [6, 6.07) is 15.2. The molecule has 0 aliphatic rings. The number of esters is 1. The molecule has 0 heterocycles. The molecule has 0 saturated carbocycles. The third kappa shape index (κ3) is 8.40. The maximum absolute atomic E-state index is 11.3. The molecule has 0 N–H and O–H groups in total. The van der Waals surface area contributed by atoms with Crippen LogP contribution < -0.4 is 4.74 Å². The number of benzene rings is 2. The van der Waals surface area contributed by atoms with Crippen LogP contribution in [-0.4, -0.2) is 48.8 Å². The van der Waals surface area contributed by atoms with Crippen molar-refractivity contribution < 1.29 is 27.5 Å². The molecule has 186 valence electrons. The largest absolute Gasteiger partial charge is 0.500 e. The van der Waals surface area contributed by atoms with E-state index in [1.807, 2.05) is 45.0 Å². The molecule has 2 rings (SSSR count). The first-order valence-corrected chi connectivity index (χ1v) is 13.9. The summed E-state index contributed by atoms with van der Waals surface area (Å²) in [5, 5.41) is 0. The molecule has 0 bridgehead atoms. The molecule has 34 heavy (non-hydrogen) atoms. The Morgan fingerprint density at radius 3 is 2.03 bits per heavy atom. The van der Waals surface area contributed by atoms with E-state index in [0.717, 1.165) is 47.7 Å². The van der Waals surface area contributed by atoms with Gasteiger partial charge in [-0.15, -0.1) is 0 Å². The van der Waals surface area contributed by atoms with Crippen molar-refractivity contribution in [1.82, 2.24) is 0 Å². The van der Waals surface area contributed by atoms with Crippen LogP contribution in [0.5, 0.6) is 5.75 Å². The normalized spacial score (nSPS) is 11.7. The lowest BCUT2D eigenvalue weighted by Crippen LogP contribution is -2.45. The number of carbonyl (C=O) groups is 1. The molecular formula is C27H38O6Si. The summed E-state index contributed by atoms with van der Waals surface area (Å²) in [5.41, 5.74) is 4.28. The van der Waals surface area contributed by atoms with Crippen molar-refractivity contribution in [3.05, 3.63) is 59.7 Å². The van der Waals surface area contributed by atoms with E-state index in [2.05, 4.69) is 22.9 Å². The predicted molar refractivity (Wildman–Crippen MR) is 138 cm³/mol. The van der Waals surface area contributed by atoms with Gasteiger partial charge >= 0.3 is 14.8 Å². The fraction of sp³-hybridized carbons (Fsp3) is 0.444. The monoisotopic (exact) mass is 486 g/mol. The predicted octanol–water partition coefficient (Wildman–Crippen LogP) is 5.92. The Kier molecular flexibility index (Phi) is 12.0. The van der Waals surface area contributed by atoms with Gasteiger partial charge < -0.3 is 22.8 Å². The van der Waals surface area contributed by atoms with Gasteiger partial charge in [0.1, 0.15) is 5.75 Å². The van der Waals surface area contributed by atoms with Crippen LogP contribution in [0, 0.1) is 0 Å². The van der Waals surface area contributed by atoms with E-state index in [4.69, 9.17) is 18.0 Å². The van der Waals surface area contributed by atoms with Crippen molar-refractivity contribution >= 4 is 20.8 Å². The van der Waals surface area contributed by atoms with Gasteiger partial charge in [0, 0.05) is 31.9 Å². The molecule has 0 saturated heterocycles. The smallest absolute Gasteiger partial charge is 0.496 e. The lowest BCUT2D eigenvalue weighted by molar-refractivity contribution is -0.134. The number of aryl methyl sites for hydroxylation is 1. The number of ether oxygens (including phenoxy) is 2. The molecule has 0 aromatic heterocycles. The lowest BCUT2D eigenvalue weighted by atomic mass is 9.99. The first-order chi connectivity index (χ1) is 16.5. The van der Waals surface area contributed by atoms with Crippen LogP contribution in [-0.2, 0) is 29.2 Å². The number of hydrogen-bond donors (Lipinski definition) is 0. The van der Waals surface area contributed by atoms with E-state index in [1.165, 1.54) is 18.7 Å². The van der Waals surface area contributed by atoms with Crippen LogP contribution in [0.25, 0.3) is 17.2 Å². The van der Waals surface area contributed by atoms with Crippen molar-refractivity contribution in [3.63, 3.8) is 0 Å². The summed E-state index contributed by atoms with van der Waals surface area (Å²) in [7, 11) is 0.485. The molecular weight excluding hydrogens is 448 g/mol. The van der Waals surface area contributed by atoms with E-state index in [1.54, 1.807) is 13.2 Å². The van der Waals surface area contributed by atoms with Gasteiger partial charge in [-0.2, -0.15) is 0 Å². The van der Waals surface area contributed by atoms with Crippen molar-refractivity contribution in [3.8, 4) is 16.9 Å². The van der Waals surface area contributed by atoms with Gasteiger partial charge in [0.2, 0.25) is 0 Å². The maximum Gasteiger partial charge on any atom is 0.500 e. The summed E-state index contributed by atoms with van der Waals surface area (Å²) in [6.07, 6.45) is 6.03. The van der Waals surface area contributed by atoms with E-state index in [0.29, 0.717) is 19.8 Å². The Bertz CT molecular complexity index is 893. The molecule has 0 amide bonds. The Morgan fingerprint density at radius 2 is 1.47 bits per heavy atom. The third-order valence-electron chi connectivity index (χ3n) is 5.42. The van der Waals surface area contributed by atoms with E-state index in [9.17, 15) is 4.79 Å². The van der Waals surface area contributed by atoms with Crippen LogP contribution in [0.4, 0.5) is 0 Å². The van der Waals surface area contributed by atoms with E-state index >= 15 is 0 Å². The second-order valence-corrected chi connectivity index (χ2v) is 10.4. The van der Waals surface area contributed by atoms with Crippen LogP contribution in [0.15, 0.2) is 48.5 Å². The van der Waals surface area contributed by atoms with E-state index < -0.39 is 8.80 Å². The molecule has 2 aromatic carbocycles. The molecule has 0 radical (unpaired) electrons. The molecule has 0 atom stereocenters. The summed E-state index contributed by atoms with van der Waals surface area (Å²) in [5.74, 6) is 0.515. The SMILES string of the molecule is CCO[Si](CCCCc1ccc(-c2ccc(/C=C/C(=O)OC)cc2)cc1OC)(OCC)OCC. The fourth-order valence-corrected chi connectivity index (χ4v) is 6.49. The molecule has 2 aromatic rings. The highest BCUT2D eigenvalue weighted by Crippen LogP contribution is 2.29. The average molecular weight is 487 g/mol. The van der Waals surface area contributed by atoms with Crippen LogP contribution >= 0.6 is 0 Å². The average Bonchev–Trinajstić information content (AvgIpc) is 2.86. The molecule has 0 unspecified atom stereocenters. The summed E-state index contributed by atoms with van der Waals surface area (Å²) in [6.45, 7) is 7.76. The van der Waals surface area contributed by atoms with Crippen molar-refractivity contribution in [2.24, 2.45) is 0 Å². The highest BCUT2D eigenvalue weighted by atomic mass is 28.4. The molecule has 0 aliphatic carbocycles. The van der Waals surface area contributed by atoms with Crippen molar-refractivity contribution in [2.45, 2.75) is 46.1 Å². The quantitative estimate of drug-likeness (QED) is 0.135. The summed E-state index contributed by atoms with van der Waals surface area (Å²) < 4.78 is 28.2. The zero-order valence-electron chi connectivity index (χ0n) is 21.1. The maximum atomic E-state index is 11.3. The lowest BCUT2D eigenvalue weighted by Gasteiger charge is -2.28. The zero-order valence-corrected chi connectivity index (χ0v) is 22.1.